The molecule has 1 aromatic rings. The molecule has 0 radical (unpaired) electrons. The number of hydrogen-bond acceptors (Lipinski definition) is 5. The normalized spacial score (nSPS) is 13.0. The highest BCUT2D eigenvalue weighted by atomic mass is 35.5. The van der Waals surface area contributed by atoms with Gasteiger partial charge in [-0.25, -0.2) is 14.0 Å². The SMILES string of the molecule is CCOC(=O)C(F)[C@@H](N)c1c(C(=O)O)ccc(C)c1O.Cl. The number of phenolic OH excluding ortho intramolecular Hbond substituents is 1. The summed E-state index contributed by atoms with van der Waals surface area (Å²) in [5.41, 5.74) is 5.23. The molecule has 0 spiro atoms. The molecule has 8 heteroatoms. The van der Waals surface area contributed by atoms with Gasteiger partial charge in [-0.1, -0.05) is 6.07 Å². The van der Waals surface area contributed by atoms with Crippen LogP contribution < -0.4 is 5.73 Å². The van der Waals surface area contributed by atoms with Crippen molar-refractivity contribution < 1.29 is 28.9 Å². The number of esters is 1. The minimum atomic E-state index is -2.26. The molecule has 0 bridgehead atoms. The number of aryl methyl sites for hydroxylation is 1. The van der Waals surface area contributed by atoms with E-state index in [4.69, 9.17) is 10.8 Å². The number of phenols is 1. The fourth-order valence-corrected chi connectivity index (χ4v) is 1.76. The zero-order valence-electron chi connectivity index (χ0n) is 11.5. The molecule has 0 amide bonds. The highest BCUT2D eigenvalue weighted by Crippen LogP contribution is 2.33. The Kier molecular flexibility index (Phi) is 7.11. The first-order chi connectivity index (χ1) is 9.31. The molecule has 0 heterocycles. The Balaban J connectivity index is 0.00000400. The number of ether oxygens (including phenoxy) is 1. The Morgan fingerprint density at radius 2 is 2.00 bits per heavy atom. The molecular weight excluding hydrogens is 305 g/mol. The van der Waals surface area contributed by atoms with Crippen molar-refractivity contribution in [1.29, 1.82) is 0 Å². The predicted molar refractivity (Wildman–Crippen MR) is 75.5 cm³/mol. The summed E-state index contributed by atoms with van der Waals surface area (Å²) < 4.78 is 18.4. The van der Waals surface area contributed by atoms with Crippen LogP contribution in [0.4, 0.5) is 4.39 Å². The van der Waals surface area contributed by atoms with Gasteiger partial charge < -0.3 is 20.7 Å². The largest absolute Gasteiger partial charge is 0.507 e. The third-order valence-corrected chi connectivity index (χ3v) is 2.81. The number of rotatable bonds is 5. The van der Waals surface area contributed by atoms with Crippen LogP contribution in [0.2, 0.25) is 0 Å². The van der Waals surface area contributed by atoms with Gasteiger partial charge in [0, 0.05) is 5.56 Å². The average Bonchev–Trinajstić information content (AvgIpc) is 2.39. The Morgan fingerprint density at radius 1 is 1.43 bits per heavy atom. The van der Waals surface area contributed by atoms with Crippen LogP contribution >= 0.6 is 12.4 Å². The van der Waals surface area contributed by atoms with Crippen LogP contribution in [0.3, 0.4) is 0 Å². The van der Waals surface area contributed by atoms with Gasteiger partial charge >= 0.3 is 11.9 Å². The van der Waals surface area contributed by atoms with Crippen LogP contribution in [0.15, 0.2) is 12.1 Å². The summed E-state index contributed by atoms with van der Waals surface area (Å²) in [6.45, 7) is 2.98. The van der Waals surface area contributed by atoms with Crippen molar-refractivity contribution in [2.24, 2.45) is 5.73 Å². The Hall–Kier alpha value is -1.86. The minimum Gasteiger partial charge on any atom is -0.507 e. The van der Waals surface area contributed by atoms with Gasteiger partial charge in [0.25, 0.3) is 0 Å². The first kappa shape index (κ1) is 19.1. The van der Waals surface area contributed by atoms with Crippen molar-refractivity contribution in [2.75, 3.05) is 6.61 Å². The van der Waals surface area contributed by atoms with Crippen LogP contribution in [-0.2, 0) is 9.53 Å². The van der Waals surface area contributed by atoms with Crippen LogP contribution in [0.25, 0.3) is 0 Å². The van der Waals surface area contributed by atoms with E-state index in [-0.39, 0.29) is 30.1 Å². The van der Waals surface area contributed by atoms with Gasteiger partial charge in [-0.2, -0.15) is 0 Å². The van der Waals surface area contributed by atoms with Gasteiger partial charge in [0.2, 0.25) is 6.17 Å². The lowest BCUT2D eigenvalue weighted by molar-refractivity contribution is -0.149. The summed E-state index contributed by atoms with van der Waals surface area (Å²) in [7, 11) is 0. The van der Waals surface area contributed by atoms with E-state index in [9.17, 15) is 19.1 Å². The predicted octanol–water partition coefficient (Wildman–Crippen LogP) is 1.72. The number of hydrogen-bond donors (Lipinski definition) is 3. The van der Waals surface area contributed by atoms with Crippen LogP contribution in [0.5, 0.6) is 5.75 Å². The number of carboxylic acid groups (broad SMARTS) is 1. The first-order valence-corrected chi connectivity index (χ1v) is 5.93. The molecule has 0 aliphatic heterocycles. The second kappa shape index (κ2) is 7.80. The van der Waals surface area contributed by atoms with Crippen LogP contribution in [0.1, 0.15) is 34.5 Å². The number of benzene rings is 1. The van der Waals surface area contributed by atoms with Crippen LogP contribution in [0, 0.1) is 6.92 Å². The topological polar surface area (TPSA) is 110 Å². The number of halogens is 2. The fourth-order valence-electron chi connectivity index (χ4n) is 1.76. The Labute approximate surface area is 127 Å². The lowest BCUT2D eigenvalue weighted by Gasteiger charge is -2.19. The van der Waals surface area contributed by atoms with E-state index in [2.05, 4.69) is 4.74 Å². The Bertz CT molecular complexity index is 538. The number of aromatic carboxylic acids is 1. The number of carboxylic acids is 1. The quantitative estimate of drug-likeness (QED) is 0.712. The number of nitrogens with two attached hydrogens (primary N) is 1. The van der Waals surface area contributed by atoms with E-state index in [1.807, 2.05) is 0 Å². The van der Waals surface area contributed by atoms with Crippen molar-refractivity contribution >= 4 is 24.3 Å². The summed E-state index contributed by atoms with van der Waals surface area (Å²) in [5, 5.41) is 18.9. The monoisotopic (exact) mass is 321 g/mol. The van der Waals surface area contributed by atoms with Crippen molar-refractivity contribution in [3.63, 3.8) is 0 Å². The third kappa shape index (κ3) is 4.05. The molecule has 0 aromatic heterocycles. The number of aromatic hydroxyl groups is 1. The van der Waals surface area contributed by atoms with Gasteiger partial charge in [-0.15, -0.1) is 12.4 Å². The molecule has 1 unspecified atom stereocenters. The standard InChI is InChI=1S/C13H16FNO5.ClH/c1-3-20-13(19)9(14)10(15)8-7(12(17)18)5-4-6(2)11(8)16;/h4-5,9-10,16H,3,15H2,1-2H3,(H,17,18);1H/t9?,10-;/m0./s1. The van der Waals surface area contributed by atoms with E-state index in [0.29, 0.717) is 5.56 Å². The van der Waals surface area contributed by atoms with Crippen molar-refractivity contribution in [2.45, 2.75) is 26.1 Å². The van der Waals surface area contributed by atoms with E-state index >= 15 is 0 Å². The summed E-state index contributed by atoms with van der Waals surface area (Å²) in [6, 6.07) is 0.942. The average molecular weight is 322 g/mol. The maximum atomic E-state index is 13.9. The summed E-state index contributed by atoms with van der Waals surface area (Å²) in [6.07, 6.45) is -2.26. The molecule has 1 aromatic carbocycles. The lowest BCUT2D eigenvalue weighted by atomic mass is 9.94. The molecule has 0 saturated carbocycles. The maximum absolute atomic E-state index is 13.9. The Morgan fingerprint density at radius 3 is 2.48 bits per heavy atom. The summed E-state index contributed by atoms with van der Waals surface area (Å²) in [4.78, 5) is 22.4. The summed E-state index contributed by atoms with van der Waals surface area (Å²) >= 11 is 0. The molecule has 0 fully saturated rings. The molecular formula is C13H17ClFNO5. The maximum Gasteiger partial charge on any atom is 0.342 e. The minimum absolute atomic E-state index is 0. The molecule has 0 saturated heterocycles. The molecule has 6 nitrogen and oxygen atoms in total. The van der Waals surface area contributed by atoms with Gasteiger partial charge in [0.15, 0.2) is 0 Å². The molecule has 4 N–H and O–H groups in total. The zero-order valence-corrected chi connectivity index (χ0v) is 12.3. The van der Waals surface area contributed by atoms with E-state index in [1.54, 1.807) is 0 Å². The first-order valence-electron chi connectivity index (χ1n) is 5.93. The van der Waals surface area contributed by atoms with Crippen LogP contribution in [-0.4, -0.2) is 34.9 Å². The van der Waals surface area contributed by atoms with Crippen molar-refractivity contribution in [3.05, 3.63) is 28.8 Å². The number of alkyl halides is 1. The molecule has 21 heavy (non-hydrogen) atoms. The zero-order chi connectivity index (χ0) is 15.4. The number of carbonyl (C=O) groups is 2. The third-order valence-electron chi connectivity index (χ3n) is 2.81. The van der Waals surface area contributed by atoms with Crippen molar-refractivity contribution in [3.8, 4) is 5.75 Å². The van der Waals surface area contributed by atoms with Gasteiger partial charge in [-0.05, 0) is 25.5 Å². The smallest absolute Gasteiger partial charge is 0.342 e. The van der Waals surface area contributed by atoms with Crippen molar-refractivity contribution in [1.82, 2.24) is 0 Å². The highest BCUT2D eigenvalue weighted by Gasteiger charge is 2.33. The second-order valence-corrected chi connectivity index (χ2v) is 4.18. The molecule has 0 aliphatic rings. The highest BCUT2D eigenvalue weighted by molar-refractivity contribution is 5.91. The fraction of sp³-hybridized carbons (Fsp3) is 0.385. The van der Waals surface area contributed by atoms with E-state index in [1.165, 1.54) is 26.0 Å². The van der Waals surface area contributed by atoms with E-state index < -0.39 is 29.9 Å². The summed E-state index contributed by atoms with van der Waals surface area (Å²) in [5.74, 6) is -3.01. The molecule has 1 rings (SSSR count). The van der Waals surface area contributed by atoms with Gasteiger partial charge in [0.1, 0.15) is 5.75 Å². The van der Waals surface area contributed by atoms with E-state index in [0.717, 1.165) is 0 Å². The molecule has 2 atom stereocenters. The second-order valence-electron chi connectivity index (χ2n) is 4.18. The molecule has 0 aliphatic carbocycles. The van der Waals surface area contributed by atoms with Gasteiger partial charge in [0.05, 0.1) is 18.2 Å². The van der Waals surface area contributed by atoms with Gasteiger partial charge in [-0.3, -0.25) is 0 Å². The molecule has 118 valence electrons. The number of carbonyl (C=O) groups excluding carboxylic acids is 1. The lowest BCUT2D eigenvalue weighted by Crippen LogP contribution is -2.32.